The molecule has 1 heterocycles. The second-order valence-corrected chi connectivity index (χ2v) is 4.35. The van der Waals surface area contributed by atoms with Crippen molar-refractivity contribution in [2.24, 2.45) is 0 Å². The van der Waals surface area contributed by atoms with Gasteiger partial charge in [0.15, 0.2) is 0 Å². The van der Waals surface area contributed by atoms with Gasteiger partial charge in [-0.25, -0.2) is 0 Å². The second-order valence-electron chi connectivity index (χ2n) is 3.15. The first-order chi connectivity index (χ1) is 7.87. The van der Waals surface area contributed by atoms with Crippen LogP contribution < -0.4 is 4.74 Å². The van der Waals surface area contributed by atoms with Crippen LogP contribution >= 0.6 is 27.5 Å². The number of hydrogen-bond acceptors (Lipinski definition) is 2. The molecule has 0 aliphatic heterocycles. The number of alkyl halides is 3. The third kappa shape index (κ3) is 2.81. The molecule has 0 spiro atoms. The SMILES string of the molecule is FC(F)(F)Oc1ccc2ncc(Cl)c(Br)c2c1. The normalized spacial score (nSPS) is 11.8. The van der Waals surface area contributed by atoms with Gasteiger partial charge in [0.1, 0.15) is 5.75 Å². The molecule has 2 aromatic rings. The number of nitrogens with zero attached hydrogens (tertiary/aromatic N) is 1. The van der Waals surface area contributed by atoms with E-state index >= 15 is 0 Å². The van der Waals surface area contributed by atoms with Crippen molar-refractivity contribution in [1.29, 1.82) is 0 Å². The first-order valence-corrected chi connectivity index (χ1v) is 5.53. The zero-order valence-electron chi connectivity index (χ0n) is 8.05. The Bertz CT molecular complexity index is 573. The van der Waals surface area contributed by atoms with Gasteiger partial charge in [0.05, 0.1) is 10.5 Å². The lowest BCUT2D eigenvalue weighted by Crippen LogP contribution is -2.17. The first kappa shape index (κ1) is 12.4. The molecule has 0 aliphatic rings. The quantitative estimate of drug-likeness (QED) is 0.767. The summed E-state index contributed by atoms with van der Waals surface area (Å²) in [6, 6.07) is 3.85. The minimum absolute atomic E-state index is 0.310. The molecule has 0 bridgehead atoms. The van der Waals surface area contributed by atoms with Crippen LogP contribution in [0.4, 0.5) is 13.2 Å². The van der Waals surface area contributed by atoms with Crippen LogP contribution in [0.2, 0.25) is 5.02 Å². The van der Waals surface area contributed by atoms with Gasteiger partial charge in [-0.2, -0.15) is 0 Å². The van der Waals surface area contributed by atoms with Crippen molar-refractivity contribution in [1.82, 2.24) is 4.98 Å². The number of fused-ring (bicyclic) bond motifs is 1. The van der Waals surface area contributed by atoms with Crippen LogP contribution in [0, 0.1) is 0 Å². The van der Waals surface area contributed by atoms with E-state index < -0.39 is 6.36 Å². The molecule has 1 aromatic heterocycles. The van der Waals surface area contributed by atoms with E-state index in [1.807, 2.05) is 0 Å². The average Bonchev–Trinajstić information content (AvgIpc) is 2.22. The predicted molar refractivity (Wildman–Crippen MR) is 61.1 cm³/mol. The maximum atomic E-state index is 12.0. The first-order valence-electron chi connectivity index (χ1n) is 4.36. The van der Waals surface area contributed by atoms with Crippen LogP contribution in [-0.4, -0.2) is 11.3 Å². The minimum atomic E-state index is -4.72. The van der Waals surface area contributed by atoms with E-state index in [1.165, 1.54) is 24.4 Å². The Morgan fingerprint density at radius 1 is 1.29 bits per heavy atom. The van der Waals surface area contributed by atoms with Gasteiger partial charge in [-0.1, -0.05) is 11.6 Å². The van der Waals surface area contributed by atoms with E-state index in [-0.39, 0.29) is 5.75 Å². The molecular weight excluding hydrogens is 322 g/mol. The molecule has 0 N–H and O–H groups in total. The second kappa shape index (κ2) is 4.34. The van der Waals surface area contributed by atoms with Crippen molar-refractivity contribution in [3.8, 4) is 5.75 Å². The number of halogens is 5. The van der Waals surface area contributed by atoms with E-state index in [9.17, 15) is 13.2 Å². The highest BCUT2D eigenvalue weighted by molar-refractivity contribution is 9.10. The molecule has 0 fully saturated rings. The van der Waals surface area contributed by atoms with Crippen molar-refractivity contribution in [3.63, 3.8) is 0 Å². The number of aromatic nitrogens is 1. The molecule has 0 unspecified atom stereocenters. The van der Waals surface area contributed by atoms with Crippen LogP contribution in [0.15, 0.2) is 28.9 Å². The van der Waals surface area contributed by atoms with E-state index in [0.29, 0.717) is 20.4 Å². The van der Waals surface area contributed by atoms with Crippen LogP contribution in [0.5, 0.6) is 5.75 Å². The van der Waals surface area contributed by atoms with Gasteiger partial charge in [-0.05, 0) is 34.1 Å². The van der Waals surface area contributed by atoms with Crippen molar-refractivity contribution < 1.29 is 17.9 Å². The number of hydrogen-bond donors (Lipinski definition) is 0. The Labute approximate surface area is 107 Å². The van der Waals surface area contributed by atoms with Gasteiger partial charge >= 0.3 is 6.36 Å². The van der Waals surface area contributed by atoms with E-state index in [0.717, 1.165) is 0 Å². The van der Waals surface area contributed by atoms with Crippen molar-refractivity contribution in [2.45, 2.75) is 6.36 Å². The largest absolute Gasteiger partial charge is 0.573 e. The lowest BCUT2D eigenvalue weighted by atomic mass is 10.2. The molecule has 0 saturated carbocycles. The Morgan fingerprint density at radius 3 is 2.65 bits per heavy atom. The molecule has 7 heteroatoms. The third-order valence-electron chi connectivity index (χ3n) is 1.96. The lowest BCUT2D eigenvalue weighted by molar-refractivity contribution is -0.274. The van der Waals surface area contributed by atoms with Crippen molar-refractivity contribution in [3.05, 3.63) is 33.9 Å². The maximum Gasteiger partial charge on any atom is 0.573 e. The molecule has 0 saturated heterocycles. The Kier molecular flexibility index (Phi) is 3.18. The summed E-state index contributed by atoms with van der Waals surface area (Å²) in [5, 5.41) is 0.779. The summed E-state index contributed by atoms with van der Waals surface area (Å²) in [5.74, 6) is -0.310. The lowest BCUT2D eigenvalue weighted by Gasteiger charge is -2.10. The van der Waals surface area contributed by atoms with Gasteiger partial charge in [-0.3, -0.25) is 4.98 Å². The van der Waals surface area contributed by atoms with Crippen molar-refractivity contribution >= 4 is 38.4 Å². The molecule has 17 heavy (non-hydrogen) atoms. The van der Waals surface area contributed by atoms with Crippen LogP contribution in [0.3, 0.4) is 0 Å². The molecule has 90 valence electrons. The highest BCUT2D eigenvalue weighted by atomic mass is 79.9. The molecule has 0 radical (unpaired) electrons. The number of rotatable bonds is 1. The molecule has 0 amide bonds. The highest BCUT2D eigenvalue weighted by Crippen LogP contribution is 2.33. The highest BCUT2D eigenvalue weighted by Gasteiger charge is 2.31. The summed E-state index contributed by atoms with van der Waals surface area (Å²) in [5.41, 5.74) is 0.524. The molecule has 2 rings (SSSR count). The predicted octanol–water partition coefficient (Wildman–Crippen LogP) is 4.55. The molecule has 1 aromatic carbocycles. The fourth-order valence-electron chi connectivity index (χ4n) is 1.31. The topological polar surface area (TPSA) is 22.1 Å². The smallest absolute Gasteiger partial charge is 0.406 e. The van der Waals surface area contributed by atoms with Crippen LogP contribution in [0.1, 0.15) is 0 Å². The van der Waals surface area contributed by atoms with Crippen molar-refractivity contribution in [2.75, 3.05) is 0 Å². The Morgan fingerprint density at radius 2 is 2.00 bits per heavy atom. The summed E-state index contributed by atoms with van der Waals surface area (Å²) in [6.07, 6.45) is -3.30. The minimum Gasteiger partial charge on any atom is -0.406 e. The molecule has 2 nitrogen and oxygen atoms in total. The van der Waals surface area contributed by atoms with Gasteiger partial charge in [0, 0.05) is 16.1 Å². The standard InChI is InChI=1S/C10H4BrClF3NO/c11-9-6-3-5(17-10(13,14)15)1-2-8(6)16-4-7(9)12/h1-4H. The molecule has 0 atom stereocenters. The third-order valence-corrected chi connectivity index (χ3v) is 3.33. The van der Waals surface area contributed by atoms with Crippen LogP contribution in [0.25, 0.3) is 10.9 Å². The van der Waals surface area contributed by atoms with Gasteiger partial charge in [-0.15, -0.1) is 13.2 Å². The number of ether oxygens (including phenoxy) is 1. The Balaban J connectivity index is 2.53. The fourth-order valence-corrected chi connectivity index (χ4v) is 1.88. The Hall–Kier alpha value is -1.01. The summed E-state index contributed by atoms with van der Waals surface area (Å²) >= 11 is 8.99. The average molecular weight is 326 g/mol. The van der Waals surface area contributed by atoms with E-state index in [4.69, 9.17) is 11.6 Å². The fraction of sp³-hybridized carbons (Fsp3) is 0.100. The number of benzene rings is 1. The van der Waals surface area contributed by atoms with E-state index in [1.54, 1.807) is 0 Å². The monoisotopic (exact) mass is 325 g/mol. The zero-order chi connectivity index (χ0) is 12.6. The molecular formula is C10H4BrClF3NO. The summed E-state index contributed by atoms with van der Waals surface area (Å²) in [7, 11) is 0. The zero-order valence-corrected chi connectivity index (χ0v) is 10.4. The van der Waals surface area contributed by atoms with Crippen LogP contribution in [-0.2, 0) is 0 Å². The summed E-state index contributed by atoms with van der Waals surface area (Å²) < 4.78 is 40.4. The van der Waals surface area contributed by atoms with Gasteiger partial charge < -0.3 is 4.74 Å². The van der Waals surface area contributed by atoms with Gasteiger partial charge in [0.2, 0.25) is 0 Å². The van der Waals surface area contributed by atoms with Gasteiger partial charge in [0.25, 0.3) is 0 Å². The maximum absolute atomic E-state index is 12.0. The van der Waals surface area contributed by atoms with E-state index in [2.05, 4.69) is 25.7 Å². The number of pyridine rings is 1. The molecule has 0 aliphatic carbocycles. The summed E-state index contributed by atoms with van der Waals surface area (Å²) in [6.45, 7) is 0. The summed E-state index contributed by atoms with van der Waals surface area (Å²) in [4.78, 5) is 3.98.